The first-order chi connectivity index (χ1) is 13.2. The van der Waals surface area contributed by atoms with Crippen molar-refractivity contribution in [3.05, 3.63) is 66.1 Å². The number of methoxy groups -OCH3 is 1. The van der Waals surface area contributed by atoms with Gasteiger partial charge in [-0.05, 0) is 36.4 Å². The minimum atomic E-state index is -0.232. The summed E-state index contributed by atoms with van der Waals surface area (Å²) in [5.74, 6) is 0.654. The third-order valence-corrected chi connectivity index (χ3v) is 5.02. The SMILES string of the molecule is COc1cccc(N2CCN(Cc3c[nH]nc3-c3ccc(F)cc3)CC2)c1. The average Bonchev–Trinajstić information content (AvgIpc) is 3.17. The molecule has 5 nitrogen and oxygen atoms in total. The Labute approximate surface area is 158 Å². The van der Waals surface area contributed by atoms with Crippen molar-refractivity contribution in [2.75, 3.05) is 38.2 Å². The predicted octanol–water partition coefficient (Wildman–Crippen LogP) is 3.55. The highest BCUT2D eigenvalue weighted by Crippen LogP contribution is 2.25. The summed E-state index contributed by atoms with van der Waals surface area (Å²) in [6.45, 7) is 4.72. The molecule has 1 saturated heterocycles. The van der Waals surface area contributed by atoms with Crippen LogP contribution in [0.5, 0.6) is 5.75 Å². The molecule has 6 heteroatoms. The van der Waals surface area contributed by atoms with E-state index in [2.05, 4.69) is 32.1 Å². The van der Waals surface area contributed by atoms with Gasteiger partial charge in [-0.1, -0.05) is 6.07 Å². The summed E-state index contributed by atoms with van der Waals surface area (Å²) in [5.41, 5.74) is 4.16. The Balaban J connectivity index is 1.40. The highest BCUT2D eigenvalue weighted by molar-refractivity contribution is 5.62. The Morgan fingerprint density at radius 1 is 1.07 bits per heavy atom. The number of piperazine rings is 1. The molecule has 0 unspecified atom stereocenters. The van der Waals surface area contributed by atoms with E-state index in [-0.39, 0.29) is 5.82 Å². The van der Waals surface area contributed by atoms with Gasteiger partial charge in [-0.2, -0.15) is 5.10 Å². The number of benzene rings is 2. The Hall–Kier alpha value is -2.86. The fraction of sp³-hybridized carbons (Fsp3) is 0.286. The zero-order chi connectivity index (χ0) is 18.6. The number of hydrogen-bond acceptors (Lipinski definition) is 4. The Morgan fingerprint density at radius 2 is 1.85 bits per heavy atom. The number of aromatic amines is 1. The highest BCUT2D eigenvalue weighted by atomic mass is 19.1. The number of anilines is 1. The van der Waals surface area contributed by atoms with Crippen molar-refractivity contribution in [2.24, 2.45) is 0 Å². The molecule has 0 amide bonds. The number of nitrogens with one attached hydrogen (secondary N) is 1. The molecule has 0 bridgehead atoms. The van der Waals surface area contributed by atoms with Gasteiger partial charge in [-0.3, -0.25) is 10.00 Å². The van der Waals surface area contributed by atoms with Crippen molar-refractivity contribution in [1.82, 2.24) is 15.1 Å². The molecule has 1 aromatic heterocycles. The summed E-state index contributed by atoms with van der Waals surface area (Å²) in [6, 6.07) is 14.7. The van der Waals surface area contributed by atoms with Crippen LogP contribution in [-0.2, 0) is 6.54 Å². The van der Waals surface area contributed by atoms with Crippen molar-refractivity contribution in [3.8, 4) is 17.0 Å². The first-order valence-electron chi connectivity index (χ1n) is 9.13. The molecule has 2 heterocycles. The Bertz CT molecular complexity index is 885. The minimum Gasteiger partial charge on any atom is -0.497 e. The zero-order valence-corrected chi connectivity index (χ0v) is 15.4. The van der Waals surface area contributed by atoms with Crippen LogP contribution in [0.4, 0.5) is 10.1 Å². The van der Waals surface area contributed by atoms with Crippen LogP contribution in [0.1, 0.15) is 5.56 Å². The predicted molar refractivity (Wildman–Crippen MR) is 104 cm³/mol. The number of rotatable bonds is 5. The van der Waals surface area contributed by atoms with E-state index in [1.165, 1.54) is 17.8 Å². The van der Waals surface area contributed by atoms with Crippen LogP contribution in [0, 0.1) is 5.82 Å². The van der Waals surface area contributed by atoms with E-state index in [1.807, 2.05) is 18.3 Å². The van der Waals surface area contributed by atoms with Gasteiger partial charge in [-0.15, -0.1) is 0 Å². The average molecular weight is 366 g/mol. The van der Waals surface area contributed by atoms with Crippen LogP contribution in [-0.4, -0.2) is 48.4 Å². The molecular formula is C21H23FN4O. The van der Waals surface area contributed by atoms with Crippen molar-refractivity contribution in [1.29, 1.82) is 0 Å². The number of nitrogens with zero attached hydrogens (tertiary/aromatic N) is 3. The molecule has 1 N–H and O–H groups in total. The van der Waals surface area contributed by atoms with Crippen LogP contribution in [0.15, 0.2) is 54.7 Å². The van der Waals surface area contributed by atoms with E-state index in [9.17, 15) is 4.39 Å². The molecule has 1 aliphatic rings. The third kappa shape index (κ3) is 3.95. The topological polar surface area (TPSA) is 44.4 Å². The summed E-state index contributed by atoms with van der Waals surface area (Å²) >= 11 is 0. The maximum Gasteiger partial charge on any atom is 0.123 e. The number of ether oxygens (including phenoxy) is 1. The summed E-state index contributed by atoms with van der Waals surface area (Å²) in [5, 5.41) is 7.32. The van der Waals surface area contributed by atoms with E-state index < -0.39 is 0 Å². The molecule has 0 aliphatic carbocycles. The summed E-state index contributed by atoms with van der Waals surface area (Å²) < 4.78 is 18.5. The van der Waals surface area contributed by atoms with Gasteiger partial charge >= 0.3 is 0 Å². The van der Waals surface area contributed by atoms with E-state index in [0.717, 1.165) is 55.3 Å². The molecule has 1 aliphatic heterocycles. The van der Waals surface area contributed by atoms with Gasteiger partial charge in [0.2, 0.25) is 0 Å². The molecule has 27 heavy (non-hydrogen) atoms. The standard InChI is InChI=1S/C21H23FN4O/c1-27-20-4-2-3-19(13-20)26-11-9-25(10-12-26)15-17-14-23-24-21(17)16-5-7-18(22)8-6-16/h2-8,13-14H,9-12,15H2,1H3,(H,23,24). The van der Waals surface area contributed by atoms with Gasteiger partial charge in [0.1, 0.15) is 11.6 Å². The molecular weight excluding hydrogens is 343 g/mol. The molecule has 0 atom stereocenters. The summed E-state index contributed by atoms with van der Waals surface area (Å²) in [4.78, 5) is 4.81. The van der Waals surface area contributed by atoms with Crippen LogP contribution in [0.2, 0.25) is 0 Å². The number of halogens is 1. The minimum absolute atomic E-state index is 0.232. The maximum atomic E-state index is 13.2. The van der Waals surface area contributed by atoms with Gasteiger partial charge < -0.3 is 9.64 Å². The first kappa shape index (κ1) is 17.5. The fourth-order valence-electron chi connectivity index (χ4n) is 3.51. The van der Waals surface area contributed by atoms with Gasteiger partial charge in [0.05, 0.1) is 12.8 Å². The van der Waals surface area contributed by atoms with E-state index in [1.54, 1.807) is 19.2 Å². The van der Waals surface area contributed by atoms with Crippen LogP contribution in [0.3, 0.4) is 0 Å². The largest absolute Gasteiger partial charge is 0.497 e. The van der Waals surface area contributed by atoms with Crippen molar-refractivity contribution in [2.45, 2.75) is 6.54 Å². The lowest BCUT2D eigenvalue weighted by Crippen LogP contribution is -2.46. The zero-order valence-electron chi connectivity index (χ0n) is 15.4. The monoisotopic (exact) mass is 366 g/mol. The lowest BCUT2D eigenvalue weighted by Gasteiger charge is -2.36. The molecule has 4 rings (SSSR count). The second-order valence-electron chi connectivity index (χ2n) is 6.73. The molecule has 0 saturated carbocycles. The first-order valence-corrected chi connectivity index (χ1v) is 9.13. The van der Waals surface area contributed by atoms with E-state index in [4.69, 9.17) is 4.74 Å². The Kier molecular flexibility index (Phi) is 5.07. The van der Waals surface area contributed by atoms with Crippen LogP contribution >= 0.6 is 0 Å². The molecule has 2 aromatic carbocycles. The molecule has 3 aromatic rings. The van der Waals surface area contributed by atoms with Crippen molar-refractivity contribution < 1.29 is 9.13 Å². The van der Waals surface area contributed by atoms with Crippen LogP contribution < -0.4 is 9.64 Å². The normalized spacial score (nSPS) is 15.1. The summed E-state index contributed by atoms with van der Waals surface area (Å²) in [7, 11) is 1.70. The molecule has 0 spiro atoms. The van der Waals surface area contributed by atoms with Gasteiger partial charge in [0.25, 0.3) is 0 Å². The third-order valence-electron chi connectivity index (χ3n) is 5.02. The van der Waals surface area contributed by atoms with Gasteiger partial charge in [-0.25, -0.2) is 4.39 Å². The molecule has 0 radical (unpaired) electrons. The number of hydrogen-bond donors (Lipinski definition) is 1. The molecule has 1 fully saturated rings. The van der Waals surface area contributed by atoms with Crippen molar-refractivity contribution in [3.63, 3.8) is 0 Å². The van der Waals surface area contributed by atoms with Gasteiger partial charge in [0, 0.05) is 61.8 Å². The summed E-state index contributed by atoms with van der Waals surface area (Å²) in [6.07, 6.45) is 1.94. The quantitative estimate of drug-likeness (QED) is 0.750. The number of H-pyrrole nitrogens is 1. The van der Waals surface area contributed by atoms with E-state index >= 15 is 0 Å². The van der Waals surface area contributed by atoms with E-state index in [0.29, 0.717) is 0 Å². The van der Waals surface area contributed by atoms with Crippen LogP contribution in [0.25, 0.3) is 11.3 Å². The fourth-order valence-corrected chi connectivity index (χ4v) is 3.51. The lowest BCUT2D eigenvalue weighted by molar-refractivity contribution is 0.250. The highest BCUT2D eigenvalue weighted by Gasteiger charge is 2.19. The number of aromatic nitrogens is 2. The maximum absolute atomic E-state index is 13.2. The molecule has 140 valence electrons. The second-order valence-corrected chi connectivity index (χ2v) is 6.73. The second kappa shape index (κ2) is 7.80. The van der Waals surface area contributed by atoms with Crippen molar-refractivity contribution >= 4 is 5.69 Å². The lowest BCUT2D eigenvalue weighted by atomic mass is 10.1. The Morgan fingerprint density at radius 3 is 2.59 bits per heavy atom. The van der Waals surface area contributed by atoms with Gasteiger partial charge in [0.15, 0.2) is 0 Å². The smallest absolute Gasteiger partial charge is 0.123 e.